The quantitative estimate of drug-likeness (QED) is 0.790. The van der Waals surface area contributed by atoms with Crippen LogP contribution in [0.4, 0.5) is 13.2 Å². The van der Waals surface area contributed by atoms with Gasteiger partial charge in [-0.05, 0) is 18.2 Å². The third-order valence-corrected chi connectivity index (χ3v) is 3.16. The molecular weight excluding hydrogens is 281 g/mol. The van der Waals surface area contributed by atoms with E-state index in [4.69, 9.17) is 5.73 Å². The van der Waals surface area contributed by atoms with Crippen molar-refractivity contribution >= 4 is 5.65 Å². The first-order valence-electron chi connectivity index (χ1n) is 6.20. The maximum atomic E-state index is 12.6. The van der Waals surface area contributed by atoms with Crippen molar-refractivity contribution in [2.75, 3.05) is 0 Å². The molecule has 2 N–H and O–H groups in total. The summed E-state index contributed by atoms with van der Waals surface area (Å²) in [6, 6.07) is 6.61. The fourth-order valence-corrected chi connectivity index (χ4v) is 2.10. The summed E-state index contributed by atoms with van der Waals surface area (Å²) in [5.41, 5.74) is 7.56. The number of nitrogens with zero attached hydrogens (tertiary/aromatic N) is 3. The predicted molar refractivity (Wildman–Crippen MR) is 71.3 cm³/mol. The van der Waals surface area contributed by atoms with Gasteiger partial charge in [0.2, 0.25) is 0 Å². The van der Waals surface area contributed by atoms with Gasteiger partial charge in [-0.25, -0.2) is 9.50 Å². The van der Waals surface area contributed by atoms with E-state index in [1.165, 1.54) is 12.1 Å². The second kappa shape index (κ2) is 4.85. The van der Waals surface area contributed by atoms with Crippen molar-refractivity contribution in [3.05, 3.63) is 53.9 Å². The molecule has 0 aliphatic rings. The number of hydrogen-bond donors (Lipinski definition) is 1. The maximum Gasteiger partial charge on any atom is 0.416 e. The van der Waals surface area contributed by atoms with Gasteiger partial charge in [0.1, 0.15) is 0 Å². The van der Waals surface area contributed by atoms with E-state index in [1.807, 2.05) is 0 Å². The lowest BCUT2D eigenvalue weighted by molar-refractivity contribution is -0.137. The summed E-state index contributed by atoms with van der Waals surface area (Å²) in [5, 5.41) is 4.32. The minimum Gasteiger partial charge on any atom is -0.326 e. The van der Waals surface area contributed by atoms with Crippen LogP contribution in [0.25, 0.3) is 16.9 Å². The largest absolute Gasteiger partial charge is 0.416 e. The number of benzene rings is 1. The van der Waals surface area contributed by atoms with Crippen LogP contribution in [-0.4, -0.2) is 14.6 Å². The van der Waals surface area contributed by atoms with Gasteiger partial charge in [-0.1, -0.05) is 12.1 Å². The number of aromatic nitrogens is 3. The molecule has 0 fully saturated rings. The SMILES string of the molecule is NCc1cc(-c2ccc(C(F)(F)F)cc2)nn2ccnc12. The Morgan fingerprint density at radius 3 is 2.48 bits per heavy atom. The maximum absolute atomic E-state index is 12.6. The number of nitrogens with two attached hydrogens (primary N) is 1. The van der Waals surface area contributed by atoms with Gasteiger partial charge in [0, 0.05) is 30.1 Å². The summed E-state index contributed by atoms with van der Waals surface area (Å²) < 4.78 is 39.3. The van der Waals surface area contributed by atoms with Gasteiger partial charge in [0.15, 0.2) is 5.65 Å². The van der Waals surface area contributed by atoms with Crippen LogP contribution in [0.15, 0.2) is 42.7 Å². The van der Waals surface area contributed by atoms with Gasteiger partial charge in [0.25, 0.3) is 0 Å². The first kappa shape index (κ1) is 13.6. The van der Waals surface area contributed by atoms with E-state index in [0.717, 1.165) is 17.7 Å². The monoisotopic (exact) mass is 292 g/mol. The lowest BCUT2D eigenvalue weighted by Gasteiger charge is -2.09. The van der Waals surface area contributed by atoms with Crippen molar-refractivity contribution in [3.8, 4) is 11.3 Å². The van der Waals surface area contributed by atoms with Crippen LogP contribution in [0.2, 0.25) is 0 Å². The number of alkyl halides is 3. The van der Waals surface area contributed by atoms with Gasteiger partial charge in [-0.3, -0.25) is 0 Å². The first-order chi connectivity index (χ1) is 9.99. The molecule has 3 rings (SSSR count). The molecule has 7 heteroatoms. The van der Waals surface area contributed by atoms with Crippen LogP contribution in [-0.2, 0) is 12.7 Å². The number of imidazole rings is 1. The molecule has 0 saturated carbocycles. The standard InChI is InChI=1S/C14H11F3N4/c15-14(16,17)11-3-1-9(2-4-11)12-7-10(8-18)13-19-5-6-21(13)20-12/h1-7H,8,18H2. The number of rotatable bonds is 2. The fraction of sp³-hybridized carbons (Fsp3) is 0.143. The molecule has 108 valence electrons. The van der Waals surface area contributed by atoms with Crippen LogP contribution < -0.4 is 5.73 Å². The van der Waals surface area contributed by atoms with Crippen molar-refractivity contribution in [3.63, 3.8) is 0 Å². The van der Waals surface area contributed by atoms with Gasteiger partial charge >= 0.3 is 6.18 Å². The number of fused-ring (bicyclic) bond motifs is 1. The highest BCUT2D eigenvalue weighted by atomic mass is 19.4. The summed E-state index contributed by atoms with van der Waals surface area (Å²) in [5.74, 6) is 0. The Bertz CT molecular complexity index is 775. The van der Waals surface area contributed by atoms with Crippen LogP contribution in [0.5, 0.6) is 0 Å². The van der Waals surface area contributed by atoms with Gasteiger partial charge in [0.05, 0.1) is 11.3 Å². The fourth-order valence-electron chi connectivity index (χ4n) is 2.10. The van der Waals surface area contributed by atoms with E-state index in [2.05, 4.69) is 10.1 Å². The van der Waals surface area contributed by atoms with E-state index in [0.29, 0.717) is 16.9 Å². The molecule has 0 unspecified atom stereocenters. The number of halogens is 3. The molecule has 2 heterocycles. The lowest BCUT2D eigenvalue weighted by atomic mass is 10.1. The van der Waals surface area contributed by atoms with Crippen LogP contribution in [0.1, 0.15) is 11.1 Å². The predicted octanol–water partition coefficient (Wildman–Crippen LogP) is 2.87. The van der Waals surface area contributed by atoms with Crippen molar-refractivity contribution in [2.24, 2.45) is 5.73 Å². The molecule has 0 aliphatic heterocycles. The summed E-state index contributed by atoms with van der Waals surface area (Å²) in [6.07, 6.45) is -1.08. The molecule has 3 aromatic rings. The number of hydrogen-bond acceptors (Lipinski definition) is 3. The zero-order valence-electron chi connectivity index (χ0n) is 10.8. The summed E-state index contributed by atoms with van der Waals surface area (Å²) in [4.78, 5) is 4.14. The highest BCUT2D eigenvalue weighted by Gasteiger charge is 2.30. The molecule has 0 atom stereocenters. The summed E-state index contributed by atoms with van der Waals surface area (Å²) in [7, 11) is 0. The Kier molecular flexibility index (Phi) is 3.13. The Morgan fingerprint density at radius 2 is 1.86 bits per heavy atom. The molecule has 0 spiro atoms. The molecule has 21 heavy (non-hydrogen) atoms. The Balaban J connectivity index is 2.07. The lowest BCUT2D eigenvalue weighted by Crippen LogP contribution is -2.05. The summed E-state index contributed by atoms with van der Waals surface area (Å²) in [6.45, 7) is 0.274. The normalized spacial score (nSPS) is 12.0. The minimum atomic E-state index is -4.34. The van der Waals surface area contributed by atoms with Crippen molar-refractivity contribution in [2.45, 2.75) is 12.7 Å². The molecular formula is C14H11F3N4. The minimum absolute atomic E-state index is 0.274. The highest BCUT2D eigenvalue weighted by Crippen LogP contribution is 2.30. The molecule has 0 bridgehead atoms. The summed E-state index contributed by atoms with van der Waals surface area (Å²) >= 11 is 0. The second-order valence-corrected chi connectivity index (χ2v) is 4.53. The highest BCUT2D eigenvalue weighted by molar-refractivity contribution is 5.63. The van der Waals surface area contributed by atoms with Gasteiger partial charge < -0.3 is 5.73 Å². The average Bonchev–Trinajstić information content (AvgIpc) is 2.93. The third kappa shape index (κ3) is 2.47. The van der Waals surface area contributed by atoms with E-state index < -0.39 is 11.7 Å². The second-order valence-electron chi connectivity index (χ2n) is 4.53. The van der Waals surface area contributed by atoms with Gasteiger partial charge in [-0.2, -0.15) is 18.3 Å². The molecule has 0 saturated heterocycles. The van der Waals surface area contributed by atoms with Crippen molar-refractivity contribution in [1.29, 1.82) is 0 Å². The van der Waals surface area contributed by atoms with E-state index in [-0.39, 0.29) is 6.54 Å². The van der Waals surface area contributed by atoms with E-state index in [1.54, 1.807) is 23.0 Å². The van der Waals surface area contributed by atoms with E-state index in [9.17, 15) is 13.2 Å². The van der Waals surface area contributed by atoms with E-state index >= 15 is 0 Å². The third-order valence-electron chi connectivity index (χ3n) is 3.16. The van der Waals surface area contributed by atoms with Crippen molar-refractivity contribution in [1.82, 2.24) is 14.6 Å². The Hall–Kier alpha value is -2.41. The zero-order valence-corrected chi connectivity index (χ0v) is 10.8. The zero-order chi connectivity index (χ0) is 15.0. The topological polar surface area (TPSA) is 56.2 Å². The van der Waals surface area contributed by atoms with Crippen LogP contribution >= 0.6 is 0 Å². The molecule has 0 amide bonds. The Morgan fingerprint density at radius 1 is 1.14 bits per heavy atom. The van der Waals surface area contributed by atoms with Crippen molar-refractivity contribution < 1.29 is 13.2 Å². The Labute approximate surface area is 118 Å². The van der Waals surface area contributed by atoms with Crippen LogP contribution in [0, 0.1) is 0 Å². The molecule has 2 aromatic heterocycles. The van der Waals surface area contributed by atoms with Gasteiger partial charge in [-0.15, -0.1) is 0 Å². The molecule has 0 aliphatic carbocycles. The van der Waals surface area contributed by atoms with Crippen LogP contribution in [0.3, 0.4) is 0 Å². The average molecular weight is 292 g/mol. The molecule has 0 radical (unpaired) electrons. The smallest absolute Gasteiger partial charge is 0.326 e. The molecule has 1 aromatic carbocycles. The first-order valence-corrected chi connectivity index (χ1v) is 6.20. The molecule has 4 nitrogen and oxygen atoms in total.